The molecule has 0 aliphatic heterocycles. The number of nitrogens with zero attached hydrogens (tertiary/aromatic N) is 1. The van der Waals surface area contributed by atoms with Gasteiger partial charge in [-0.25, -0.2) is 0 Å². The smallest absolute Gasteiger partial charge is 0.173 e. The van der Waals surface area contributed by atoms with Gasteiger partial charge in [-0.05, 0) is 69.6 Å². The van der Waals surface area contributed by atoms with Crippen molar-refractivity contribution in [2.45, 2.75) is 77.6 Å². The maximum absolute atomic E-state index is 9.72. The first kappa shape index (κ1) is 35.6. The molecule has 0 bridgehead atoms. The third kappa shape index (κ3) is 19.4. The van der Waals surface area contributed by atoms with Gasteiger partial charge in [-0.1, -0.05) is 20.8 Å². The Bertz CT molecular complexity index is 505. The monoisotopic (exact) mass is 527 g/mol. The first-order valence-corrected chi connectivity index (χ1v) is 19.1. The lowest BCUT2D eigenvalue weighted by Crippen LogP contribution is -3.07. The molecule has 0 aromatic carbocycles. The Hall–Kier alpha value is 0.484. The standard InChI is InChI=1S/C24H59N4O2Si2.ClH/c1-13-23(16-27(4)5)25-14-21(2)19-31(9,10)30-32(11,12)20-22(3)15-26-24(18-29)17-28(6,7)8;/h21-26,29H,13-20H2,1-12H3;1H/q+1;. The summed E-state index contributed by atoms with van der Waals surface area (Å²) in [6.07, 6.45) is 1.19. The van der Waals surface area contributed by atoms with Gasteiger partial charge in [-0.15, -0.1) is 0 Å². The van der Waals surface area contributed by atoms with Crippen LogP contribution < -0.4 is 27.9 Å². The summed E-state index contributed by atoms with van der Waals surface area (Å²) in [5.74, 6) is 1.20. The highest BCUT2D eigenvalue weighted by atomic mass is 35.5. The minimum Gasteiger partial charge on any atom is -1.00 e. The first-order chi connectivity index (χ1) is 14.5. The van der Waals surface area contributed by atoms with E-state index in [9.17, 15) is 5.11 Å². The van der Waals surface area contributed by atoms with Gasteiger partial charge in [-0.3, -0.25) is 0 Å². The molecule has 0 aromatic rings. The van der Waals surface area contributed by atoms with Crippen LogP contribution in [0.3, 0.4) is 0 Å². The van der Waals surface area contributed by atoms with Crippen LogP contribution >= 0.6 is 0 Å². The number of aliphatic hydroxyl groups is 1. The fourth-order valence-corrected chi connectivity index (χ4v) is 15.4. The number of likely N-dealkylation sites (N-methyl/N-ethyl adjacent to an activating group) is 2. The third-order valence-electron chi connectivity index (χ3n) is 5.88. The predicted octanol–water partition coefficient (Wildman–Crippen LogP) is -1.14. The molecule has 33 heavy (non-hydrogen) atoms. The molecule has 0 aromatic heterocycles. The molecular formula is C24H60ClN4O2Si2+. The van der Waals surface area contributed by atoms with Gasteiger partial charge in [0.1, 0.15) is 0 Å². The fourth-order valence-electron chi connectivity index (χ4n) is 5.09. The van der Waals surface area contributed by atoms with E-state index in [0.29, 0.717) is 17.9 Å². The predicted molar refractivity (Wildman–Crippen MR) is 146 cm³/mol. The van der Waals surface area contributed by atoms with Crippen LogP contribution in [0.15, 0.2) is 0 Å². The van der Waals surface area contributed by atoms with Crippen molar-refractivity contribution in [2.24, 2.45) is 11.8 Å². The number of hydrogen-bond donors (Lipinski definition) is 4. The Morgan fingerprint density at radius 1 is 0.879 bits per heavy atom. The van der Waals surface area contributed by atoms with Gasteiger partial charge >= 0.3 is 0 Å². The molecule has 0 rings (SSSR count). The Labute approximate surface area is 215 Å². The zero-order chi connectivity index (χ0) is 25.2. The van der Waals surface area contributed by atoms with E-state index in [4.69, 9.17) is 4.12 Å². The molecule has 0 heterocycles. The summed E-state index contributed by atoms with van der Waals surface area (Å²) in [6.45, 7) is 20.9. The highest BCUT2D eigenvalue weighted by Crippen LogP contribution is 2.27. The average molecular weight is 528 g/mol. The van der Waals surface area contributed by atoms with Crippen LogP contribution in [0.4, 0.5) is 0 Å². The van der Waals surface area contributed by atoms with Crippen molar-refractivity contribution in [1.29, 1.82) is 0 Å². The molecule has 9 heteroatoms. The van der Waals surface area contributed by atoms with E-state index < -0.39 is 16.6 Å². The fraction of sp³-hybridized carbons (Fsp3) is 1.00. The van der Waals surface area contributed by atoms with Crippen molar-refractivity contribution in [3.63, 3.8) is 0 Å². The molecule has 0 radical (unpaired) electrons. The Morgan fingerprint density at radius 2 is 1.30 bits per heavy atom. The van der Waals surface area contributed by atoms with E-state index in [-0.39, 0.29) is 25.1 Å². The van der Waals surface area contributed by atoms with Gasteiger partial charge < -0.3 is 41.6 Å². The third-order valence-corrected chi connectivity index (χ3v) is 13.7. The summed E-state index contributed by atoms with van der Waals surface area (Å²) < 4.78 is 7.80. The van der Waals surface area contributed by atoms with Crippen LogP contribution in [0.5, 0.6) is 0 Å². The number of halogens is 1. The molecule has 0 spiro atoms. The molecule has 0 saturated carbocycles. The van der Waals surface area contributed by atoms with Crippen LogP contribution in [-0.2, 0) is 4.12 Å². The van der Waals surface area contributed by atoms with Crippen molar-refractivity contribution in [2.75, 3.05) is 68.0 Å². The van der Waals surface area contributed by atoms with Crippen molar-refractivity contribution in [1.82, 2.24) is 10.6 Å². The molecule has 4 unspecified atom stereocenters. The maximum Gasteiger partial charge on any atom is 0.173 e. The van der Waals surface area contributed by atoms with E-state index in [1.807, 2.05) is 0 Å². The Morgan fingerprint density at radius 3 is 1.64 bits per heavy atom. The SMILES string of the molecule is CCC(C[NH+](C)C)NCC(C)C[Si](C)(C)O[Si](C)(C)CC(C)CNC(CO)C[N+](C)(C)C.[Cl-]. The summed E-state index contributed by atoms with van der Waals surface area (Å²) in [6, 6.07) is 3.13. The summed E-state index contributed by atoms with van der Waals surface area (Å²) in [5, 5.41) is 17.1. The number of rotatable bonds is 18. The molecule has 0 saturated heterocycles. The van der Waals surface area contributed by atoms with E-state index in [1.54, 1.807) is 0 Å². The molecule has 0 amide bonds. The second-order valence-electron chi connectivity index (χ2n) is 12.9. The molecule has 0 aliphatic rings. The van der Waals surface area contributed by atoms with Crippen molar-refractivity contribution >= 4 is 16.6 Å². The number of nitrogens with one attached hydrogen (secondary N) is 3. The van der Waals surface area contributed by atoms with E-state index in [2.05, 4.69) is 92.8 Å². The molecule has 0 aliphatic carbocycles. The molecule has 4 N–H and O–H groups in total. The highest BCUT2D eigenvalue weighted by Gasteiger charge is 2.35. The molecule has 202 valence electrons. The van der Waals surface area contributed by atoms with E-state index >= 15 is 0 Å². The van der Waals surface area contributed by atoms with Crippen LogP contribution in [0.25, 0.3) is 0 Å². The quantitative estimate of drug-likeness (QED) is 0.134. The largest absolute Gasteiger partial charge is 1.00 e. The highest BCUT2D eigenvalue weighted by molar-refractivity contribution is 6.84. The van der Waals surface area contributed by atoms with Gasteiger partial charge in [0.2, 0.25) is 0 Å². The van der Waals surface area contributed by atoms with Crippen LogP contribution in [-0.4, -0.2) is 106 Å². The van der Waals surface area contributed by atoms with Crippen LogP contribution in [0.1, 0.15) is 27.2 Å². The number of hydrogen-bond acceptors (Lipinski definition) is 4. The van der Waals surface area contributed by atoms with Crippen LogP contribution in [0, 0.1) is 11.8 Å². The van der Waals surface area contributed by atoms with Gasteiger partial charge in [0.15, 0.2) is 16.6 Å². The zero-order valence-electron chi connectivity index (χ0n) is 24.1. The zero-order valence-corrected chi connectivity index (χ0v) is 26.9. The minimum absolute atomic E-state index is 0. The summed E-state index contributed by atoms with van der Waals surface area (Å²) >= 11 is 0. The second kappa shape index (κ2) is 16.3. The van der Waals surface area contributed by atoms with E-state index in [1.165, 1.54) is 23.9 Å². The molecule has 6 nitrogen and oxygen atoms in total. The van der Waals surface area contributed by atoms with Gasteiger partial charge in [0.25, 0.3) is 0 Å². The second-order valence-corrected chi connectivity index (χ2v) is 21.6. The van der Waals surface area contributed by atoms with Crippen molar-refractivity contribution in [3.8, 4) is 0 Å². The lowest BCUT2D eigenvalue weighted by molar-refractivity contribution is -0.871. The molecule has 4 atom stereocenters. The lowest BCUT2D eigenvalue weighted by atomic mass is 10.1. The maximum atomic E-state index is 9.72. The minimum atomic E-state index is -1.74. The first-order valence-electron chi connectivity index (χ1n) is 12.9. The van der Waals surface area contributed by atoms with Gasteiger partial charge in [-0.2, -0.15) is 0 Å². The summed E-state index contributed by atoms with van der Waals surface area (Å²) in [7, 11) is 7.53. The molecular weight excluding hydrogens is 468 g/mol. The number of quaternary nitrogens is 2. The molecule has 0 fully saturated rings. The average Bonchev–Trinajstić information content (AvgIpc) is 2.58. The van der Waals surface area contributed by atoms with Crippen molar-refractivity contribution in [3.05, 3.63) is 0 Å². The lowest BCUT2D eigenvalue weighted by Gasteiger charge is -2.37. The Balaban J connectivity index is 0. The van der Waals surface area contributed by atoms with Crippen LogP contribution in [0.2, 0.25) is 38.3 Å². The topological polar surface area (TPSA) is 58.0 Å². The Kier molecular flexibility index (Phi) is 17.6. The number of aliphatic hydroxyl groups excluding tert-OH is 1. The van der Waals surface area contributed by atoms with Crippen molar-refractivity contribution < 1.29 is 31.0 Å². The van der Waals surface area contributed by atoms with Gasteiger partial charge in [0.05, 0.1) is 67.0 Å². The normalized spacial score (nSPS) is 16.9. The van der Waals surface area contributed by atoms with Gasteiger partial charge in [0, 0.05) is 0 Å². The van der Waals surface area contributed by atoms with E-state index in [0.717, 1.165) is 30.2 Å². The summed E-state index contributed by atoms with van der Waals surface area (Å²) in [5.41, 5.74) is 0. The summed E-state index contributed by atoms with van der Waals surface area (Å²) in [4.78, 5) is 1.51.